The minimum Gasteiger partial charge on any atom is -0.369 e. The Morgan fingerprint density at radius 3 is 2.79 bits per heavy atom. The fraction of sp³-hybridized carbons (Fsp3) is 0.200. The highest BCUT2D eigenvalue weighted by molar-refractivity contribution is 9.10. The number of nitriles is 1. The van der Waals surface area contributed by atoms with Crippen LogP contribution in [0.2, 0.25) is 0 Å². The summed E-state index contributed by atoms with van der Waals surface area (Å²) in [6.07, 6.45) is 0. The van der Waals surface area contributed by atoms with Crippen LogP contribution in [0.4, 0.5) is 5.69 Å². The van der Waals surface area contributed by atoms with E-state index in [0.717, 1.165) is 21.5 Å². The zero-order valence-electron chi connectivity index (χ0n) is 10.9. The third-order valence-corrected chi connectivity index (χ3v) is 3.26. The Labute approximate surface area is 121 Å². The summed E-state index contributed by atoms with van der Waals surface area (Å²) in [6.45, 7) is 2.69. The smallest absolute Gasteiger partial charge is 0.0992 e. The number of halogens is 1. The quantitative estimate of drug-likeness (QED) is 0.867. The lowest BCUT2D eigenvalue weighted by Crippen LogP contribution is -2.17. The van der Waals surface area contributed by atoms with E-state index in [9.17, 15) is 0 Å². The van der Waals surface area contributed by atoms with Crippen molar-refractivity contribution >= 4 is 21.6 Å². The molecule has 3 nitrogen and oxygen atoms in total. The van der Waals surface area contributed by atoms with Crippen molar-refractivity contribution in [1.29, 1.82) is 5.26 Å². The first-order valence-corrected chi connectivity index (χ1v) is 6.72. The molecule has 0 amide bonds. The van der Waals surface area contributed by atoms with E-state index in [2.05, 4.69) is 31.9 Å². The van der Waals surface area contributed by atoms with E-state index in [0.29, 0.717) is 12.1 Å². The fourth-order valence-electron chi connectivity index (χ4n) is 1.88. The topological polar surface area (TPSA) is 39.9 Å². The van der Waals surface area contributed by atoms with Crippen LogP contribution < -0.4 is 4.90 Å². The molecule has 0 aliphatic carbocycles. The molecule has 0 aliphatic heterocycles. The summed E-state index contributed by atoms with van der Waals surface area (Å²) in [5.74, 6) is 0. The monoisotopic (exact) mass is 315 g/mol. The lowest BCUT2D eigenvalue weighted by molar-refractivity contribution is 0.876. The summed E-state index contributed by atoms with van der Waals surface area (Å²) in [4.78, 5) is 6.56. The summed E-state index contributed by atoms with van der Waals surface area (Å²) in [5, 5.41) is 8.99. The molecule has 19 heavy (non-hydrogen) atoms. The number of pyridine rings is 1. The summed E-state index contributed by atoms with van der Waals surface area (Å²) in [5.41, 5.74) is 3.67. The van der Waals surface area contributed by atoms with Crippen molar-refractivity contribution < 1.29 is 0 Å². The van der Waals surface area contributed by atoms with Gasteiger partial charge in [-0.15, -0.1) is 0 Å². The maximum absolute atomic E-state index is 8.99. The SMILES string of the molecule is Cc1cccc(CN(C)c2cc(Br)cc(C#N)c2)n1. The molecule has 0 radical (unpaired) electrons. The van der Waals surface area contributed by atoms with E-state index in [1.807, 2.05) is 50.4 Å². The number of aromatic nitrogens is 1. The van der Waals surface area contributed by atoms with Crippen LogP contribution in [0.3, 0.4) is 0 Å². The zero-order chi connectivity index (χ0) is 13.8. The van der Waals surface area contributed by atoms with E-state index >= 15 is 0 Å². The molecule has 0 N–H and O–H groups in total. The lowest BCUT2D eigenvalue weighted by Gasteiger charge is -2.19. The molecule has 0 unspecified atom stereocenters. The van der Waals surface area contributed by atoms with E-state index in [1.54, 1.807) is 0 Å². The van der Waals surface area contributed by atoms with Crippen LogP contribution in [0.15, 0.2) is 40.9 Å². The van der Waals surface area contributed by atoms with Gasteiger partial charge in [-0.25, -0.2) is 0 Å². The number of hydrogen-bond acceptors (Lipinski definition) is 3. The third-order valence-electron chi connectivity index (χ3n) is 2.80. The molecule has 0 saturated carbocycles. The van der Waals surface area contributed by atoms with E-state index in [1.165, 1.54) is 0 Å². The number of hydrogen-bond donors (Lipinski definition) is 0. The second-order valence-corrected chi connectivity index (χ2v) is 5.35. The Hall–Kier alpha value is -1.86. The number of benzene rings is 1. The Kier molecular flexibility index (Phi) is 4.18. The zero-order valence-corrected chi connectivity index (χ0v) is 12.5. The van der Waals surface area contributed by atoms with Gasteiger partial charge in [-0.1, -0.05) is 22.0 Å². The highest BCUT2D eigenvalue weighted by atomic mass is 79.9. The maximum atomic E-state index is 8.99. The van der Waals surface area contributed by atoms with Crippen LogP contribution in [-0.2, 0) is 6.54 Å². The van der Waals surface area contributed by atoms with Crippen LogP contribution in [0.1, 0.15) is 17.0 Å². The Morgan fingerprint density at radius 2 is 2.11 bits per heavy atom. The van der Waals surface area contributed by atoms with Crippen molar-refractivity contribution in [1.82, 2.24) is 4.98 Å². The van der Waals surface area contributed by atoms with E-state index in [-0.39, 0.29) is 0 Å². The molecular formula is C15H14BrN3. The molecule has 96 valence electrons. The summed E-state index contributed by atoms with van der Waals surface area (Å²) in [7, 11) is 1.99. The van der Waals surface area contributed by atoms with Crippen molar-refractivity contribution in [3.05, 3.63) is 57.8 Å². The summed E-state index contributed by atoms with van der Waals surface area (Å²) < 4.78 is 0.908. The van der Waals surface area contributed by atoms with Crippen molar-refractivity contribution in [2.24, 2.45) is 0 Å². The molecule has 1 aromatic carbocycles. The number of aryl methyl sites for hydroxylation is 1. The minimum absolute atomic E-state index is 0.647. The fourth-order valence-corrected chi connectivity index (χ4v) is 2.36. The molecule has 0 fully saturated rings. The largest absolute Gasteiger partial charge is 0.369 e. The Morgan fingerprint density at radius 1 is 1.32 bits per heavy atom. The summed E-state index contributed by atoms with van der Waals surface area (Å²) in [6, 6.07) is 13.8. The average Bonchev–Trinajstić information content (AvgIpc) is 2.38. The van der Waals surface area contributed by atoms with Crippen LogP contribution in [0.25, 0.3) is 0 Å². The molecular weight excluding hydrogens is 302 g/mol. The molecule has 2 rings (SSSR count). The Balaban J connectivity index is 2.23. The molecule has 0 aliphatic rings. The highest BCUT2D eigenvalue weighted by Crippen LogP contribution is 2.22. The second kappa shape index (κ2) is 5.85. The molecule has 4 heteroatoms. The van der Waals surface area contributed by atoms with Crippen molar-refractivity contribution in [3.63, 3.8) is 0 Å². The van der Waals surface area contributed by atoms with Gasteiger partial charge in [-0.05, 0) is 37.3 Å². The molecule has 1 heterocycles. The van der Waals surface area contributed by atoms with Gasteiger partial charge in [0.1, 0.15) is 0 Å². The molecule has 0 atom stereocenters. The Bertz CT molecular complexity index is 632. The highest BCUT2D eigenvalue weighted by Gasteiger charge is 2.06. The maximum Gasteiger partial charge on any atom is 0.0992 e. The molecule has 0 bridgehead atoms. The van der Waals surface area contributed by atoms with Gasteiger partial charge in [0.15, 0.2) is 0 Å². The minimum atomic E-state index is 0.647. The normalized spacial score (nSPS) is 10.0. The first-order chi connectivity index (χ1) is 9.08. The number of nitrogens with zero attached hydrogens (tertiary/aromatic N) is 3. The first-order valence-electron chi connectivity index (χ1n) is 5.93. The molecule has 0 spiro atoms. The van der Waals surface area contributed by atoms with E-state index in [4.69, 9.17) is 5.26 Å². The lowest BCUT2D eigenvalue weighted by atomic mass is 10.2. The van der Waals surface area contributed by atoms with Gasteiger partial charge in [0, 0.05) is 22.9 Å². The standard InChI is InChI=1S/C15H14BrN3/c1-11-4-3-5-14(18-11)10-19(2)15-7-12(9-17)6-13(16)8-15/h3-8H,10H2,1-2H3. The van der Waals surface area contributed by atoms with Gasteiger partial charge < -0.3 is 4.90 Å². The van der Waals surface area contributed by atoms with Crippen molar-refractivity contribution in [3.8, 4) is 6.07 Å². The first kappa shape index (κ1) is 13.6. The van der Waals surface area contributed by atoms with Crippen LogP contribution in [-0.4, -0.2) is 12.0 Å². The van der Waals surface area contributed by atoms with Gasteiger partial charge in [0.25, 0.3) is 0 Å². The van der Waals surface area contributed by atoms with Gasteiger partial charge >= 0.3 is 0 Å². The van der Waals surface area contributed by atoms with Crippen LogP contribution in [0, 0.1) is 18.3 Å². The van der Waals surface area contributed by atoms with Gasteiger partial charge in [-0.3, -0.25) is 4.98 Å². The van der Waals surface area contributed by atoms with Gasteiger partial charge in [0.2, 0.25) is 0 Å². The van der Waals surface area contributed by atoms with Crippen LogP contribution >= 0.6 is 15.9 Å². The third kappa shape index (κ3) is 3.55. The second-order valence-electron chi connectivity index (χ2n) is 4.44. The molecule has 0 saturated heterocycles. The summed E-state index contributed by atoms with van der Waals surface area (Å²) >= 11 is 3.43. The van der Waals surface area contributed by atoms with Gasteiger partial charge in [0.05, 0.1) is 23.9 Å². The predicted molar refractivity (Wildman–Crippen MR) is 79.9 cm³/mol. The van der Waals surface area contributed by atoms with Gasteiger partial charge in [-0.2, -0.15) is 5.26 Å². The van der Waals surface area contributed by atoms with E-state index < -0.39 is 0 Å². The number of rotatable bonds is 3. The predicted octanol–water partition coefficient (Wildman–Crippen LogP) is 3.66. The number of anilines is 1. The molecule has 2 aromatic rings. The van der Waals surface area contributed by atoms with Crippen molar-refractivity contribution in [2.75, 3.05) is 11.9 Å². The average molecular weight is 316 g/mol. The van der Waals surface area contributed by atoms with Crippen molar-refractivity contribution in [2.45, 2.75) is 13.5 Å². The van der Waals surface area contributed by atoms with Crippen LogP contribution in [0.5, 0.6) is 0 Å². The molecule has 1 aromatic heterocycles.